The number of hydrogen-bond donors (Lipinski definition) is 3. The molecule has 0 heterocycles. The SMILES string of the molecule is CC(CNC(=O)C(C)CCCC(C)NC(=O)OCC1c2ccccc2-c2ccccc21)CC(=O)O. The summed E-state index contributed by atoms with van der Waals surface area (Å²) in [6.45, 7) is 6.23. The summed E-state index contributed by atoms with van der Waals surface area (Å²) in [6, 6.07) is 16.4. The zero-order chi connectivity index (χ0) is 25.4. The van der Waals surface area contributed by atoms with Crippen molar-refractivity contribution < 1.29 is 24.2 Å². The molecule has 0 radical (unpaired) electrons. The van der Waals surface area contributed by atoms with E-state index >= 15 is 0 Å². The first-order valence-electron chi connectivity index (χ1n) is 12.4. The van der Waals surface area contributed by atoms with Crippen LogP contribution in [-0.4, -0.2) is 42.3 Å². The minimum absolute atomic E-state index is 0.0287. The zero-order valence-corrected chi connectivity index (χ0v) is 20.8. The lowest BCUT2D eigenvalue weighted by Crippen LogP contribution is -2.35. The lowest BCUT2D eigenvalue weighted by Gasteiger charge is -2.18. The average Bonchev–Trinajstić information content (AvgIpc) is 3.14. The van der Waals surface area contributed by atoms with Gasteiger partial charge in [0, 0.05) is 30.8 Å². The molecule has 3 rings (SSSR count). The number of rotatable bonds is 12. The smallest absolute Gasteiger partial charge is 0.407 e. The summed E-state index contributed by atoms with van der Waals surface area (Å²) in [6.07, 6.45) is 1.81. The molecule has 3 unspecified atom stereocenters. The van der Waals surface area contributed by atoms with Crippen molar-refractivity contribution in [1.29, 1.82) is 0 Å². The molecule has 2 aromatic carbocycles. The third kappa shape index (κ3) is 7.31. The Hall–Kier alpha value is -3.35. The van der Waals surface area contributed by atoms with E-state index in [1.807, 2.05) is 38.1 Å². The number of carbonyl (C=O) groups is 3. The number of fused-ring (bicyclic) bond motifs is 3. The monoisotopic (exact) mass is 480 g/mol. The van der Waals surface area contributed by atoms with Gasteiger partial charge in [-0.3, -0.25) is 9.59 Å². The van der Waals surface area contributed by atoms with Gasteiger partial charge in [0.1, 0.15) is 6.61 Å². The van der Waals surface area contributed by atoms with Gasteiger partial charge in [0.15, 0.2) is 0 Å². The summed E-state index contributed by atoms with van der Waals surface area (Å²) in [5.41, 5.74) is 4.75. The molecule has 0 aromatic heterocycles. The number of ether oxygens (including phenoxy) is 1. The largest absolute Gasteiger partial charge is 0.481 e. The molecule has 3 N–H and O–H groups in total. The van der Waals surface area contributed by atoms with Crippen LogP contribution in [0.5, 0.6) is 0 Å². The molecule has 2 aromatic rings. The summed E-state index contributed by atoms with van der Waals surface area (Å²) < 4.78 is 5.60. The molecule has 0 saturated carbocycles. The molecule has 1 aliphatic rings. The van der Waals surface area contributed by atoms with Crippen LogP contribution < -0.4 is 10.6 Å². The maximum absolute atomic E-state index is 12.4. The lowest BCUT2D eigenvalue weighted by molar-refractivity contribution is -0.138. The summed E-state index contributed by atoms with van der Waals surface area (Å²) in [4.78, 5) is 35.4. The summed E-state index contributed by atoms with van der Waals surface area (Å²) in [5, 5.41) is 14.5. The Morgan fingerprint density at radius 1 is 0.943 bits per heavy atom. The van der Waals surface area contributed by atoms with Gasteiger partial charge in [-0.05, 0) is 47.9 Å². The van der Waals surface area contributed by atoms with Crippen molar-refractivity contribution in [3.63, 3.8) is 0 Å². The van der Waals surface area contributed by atoms with E-state index in [-0.39, 0.29) is 42.7 Å². The van der Waals surface area contributed by atoms with Crippen LogP contribution in [0.15, 0.2) is 48.5 Å². The Bertz CT molecular complexity index is 992. The molecule has 0 aliphatic heterocycles. The van der Waals surface area contributed by atoms with Crippen molar-refractivity contribution in [2.75, 3.05) is 13.2 Å². The number of aliphatic carboxylic acids is 1. The number of carbonyl (C=O) groups excluding carboxylic acids is 2. The van der Waals surface area contributed by atoms with E-state index in [4.69, 9.17) is 9.84 Å². The van der Waals surface area contributed by atoms with Crippen LogP contribution in [0.1, 0.15) is 63.5 Å². The van der Waals surface area contributed by atoms with Gasteiger partial charge in [-0.1, -0.05) is 68.8 Å². The molecule has 1 aliphatic carbocycles. The van der Waals surface area contributed by atoms with Gasteiger partial charge in [0.05, 0.1) is 0 Å². The molecular weight excluding hydrogens is 444 g/mol. The normalized spacial score (nSPS) is 14.8. The highest BCUT2D eigenvalue weighted by atomic mass is 16.5. The number of carboxylic acid groups (broad SMARTS) is 1. The Labute approximate surface area is 207 Å². The third-order valence-electron chi connectivity index (χ3n) is 6.58. The Balaban J connectivity index is 1.37. The van der Waals surface area contributed by atoms with E-state index in [2.05, 4.69) is 34.9 Å². The predicted octanol–water partition coefficient (Wildman–Crippen LogP) is 4.95. The van der Waals surface area contributed by atoms with Crippen LogP contribution in [0.25, 0.3) is 11.1 Å². The van der Waals surface area contributed by atoms with Gasteiger partial charge in [-0.2, -0.15) is 0 Å². The van der Waals surface area contributed by atoms with Crippen LogP contribution in [0.3, 0.4) is 0 Å². The molecule has 7 nitrogen and oxygen atoms in total. The van der Waals surface area contributed by atoms with Crippen molar-refractivity contribution in [2.45, 2.75) is 58.4 Å². The Morgan fingerprint density at radius 2 is 1.54 bits per heavy atom. The first-order chi connectivity index (χ1) is 16.8. The van der Waals surface area contributed by atoms with Gasteiger partial charge in [0.25, 0.3) is 0 Å². The minimum Gasteiger partial charge on any atom is -0.481 e. The quantitative estimate of drug-likeness (QED) is 0.399. The van der Waals surface area contributed by atoms with Gasteiger partial charge < -0.3 is 20.5 Å². The number of amides is 2. The van der Waals surface area contributed by atoms with Crippen molar-refractivity contribution in [2.24, 2.45) is 11.8 Å². The van der Waals surface area contributed by atoms with Crippen molar-refractivity contribution in [1.82, 2.24) is 10.6 Å². The fourth-order valence-corrected chi connectivity index (χ4v) is 4.59. The molecule has 2 amide bonds. The fourth-order valence-electron chi connectivity index (χ4n) is 4.59. The summed E-state index contributed by atoms with van der Waals surface area (Å²) >= 11 is 0. The molecule has 188 valence electrons. The minimum atomic E-state index is -0.863. The van der Waals surface area contributed by atoms with E-state index in [9.17, 15) is 14.4 Å². The van der Waals surface area contributed by atoms with E-state index in [0.29, 0.717) is 13.0 Å². The van der Waals surface area contributed by atoms with E-state index in [0.717, 1.165) is 12.8 Å². The molecule has 7 heteroatoms. The molecule has 0 spiro atoms. The number of hydrogen-bond acceptors (Lipinski definition) is 4. The number of alkyl carbamates (subject to hydrolysis) is 1. The van der Waals surface area contributed by atoms with Crippen molar-refractivity contribution in [3.05, 3.63) is 59.7 Å². The fraction of sp³-hybridized carbons (Fsp3) is 0.464. The maximum Gasteiger partial charge on any atom is 0.407 e. The van der Waals surface area contributed by atoms with Crippen LogP contribution in [0.4, 0.5) is 4.79 Å². The highest BCUT2D eigenvalue weighted by molar-refractivity contribution is 5.79. The number of carboxylic acids is 1. The van der Waals surface area contributed by atoms with Gasteiger partial charge >= 0.3 is 12.1 Å². The van der Waals surface area contributed by atoms with Crippen LogP contribution in [0.2, 0.25) is 0 Å². The molecule has 0 saturated heterocycles. The molecule has 3 atom stereocenters. The highest BCUT2D eigenvalue weighted by Gasteiger charge is 2.29. The second-order valence-corrected chi connectivity index (χ2v) is 9.65. The summed E-state index contributed by atoms with van der Waals surface area (Å²) in [7, 11) is 0. The standard InChI is InChI=1S/C28H36N2O5/c1-18(15-26(31)32)16-29-27(33)19(2)9-8-10-20(3)30-28(34)35-17-25-23-13-6-4-11-21(23)22-12-5-7-14-24(22)25/h4-7,11-14,18-20,25H,8-10,15-17H2,1-3H3,(H,29,33)(H,30,34)(H,31,32). The lowest BCUT2D eigenvalue weighted by atomic mass is 9.98. The second kappa shape index (κ2) is 12.4. The van der Waals surface area contributed by atoms with Crippen LogP contribution >= 0.6 is 0 Å². The summed E-state index contributed by atoms with van der Waals surface area (Å²) in [5.74, 6) is -1.18. The first-order valence-corrected chi connectivity index (χ1v) is 12.4. The molecule has 0 fully saturated rings. The maximum atomic E-state index is 12.4. The predicted molar refractivity (Wildman–Crippen MR) is 135 cm³/mol. The Kier molecular flexibility index (Phi) is 9.29. The van der Waals surface area contributed by atoms with E-state index < -0.39 is 12.1 Å². The van der Waals surface area contributed by atoms with Crippen LogP contribution in [0, 0.1) is 11.8 Å². The zero-order valence-electron chi connectivity index (χ0n) is 20.8. The topological polar surface area (TPSA) is 105 Å². The highest BCUT2D eigenvalue weighted by Crippen LogP contribution is 2.44. The molecule has 0 bridgehead atoms. The third-order valence-corrected chi connectivity index (χ3v) is 6.58. The van der Waals surface area contributed by atoms with Crippen molar-refractivity contribution >= 4 is 18.0 Å². The average molecular weight is 481 g/mol. The van der Waals surface area contributed by atoms with Gasteiger partial charge in [-0.25, -0.2) is 4.79 Å². The van der Waals surface area contributed by atoms with Crippen molar-refractivity contribution in [3.8, 4) is 11.1 Å². The second-order valence-electron chi connectivity index (χ2n) is 9.65. The van der Waals surface area contributed by atoms with Gasteiger partial charge in [-0.15, -0.1) is 0 Å². The number of nitrogens with one attached hydrogen (secondary N) is 2. The Morgan fingerprint density at radius 3 is 2.14 bits per heavy atom. The van der Waals surface area contributed by atoms with E-state index in [1.54, 1.807) is 6.92 Å². The van der Waals surface area contributed by atoms with E-state index in [1.165, 1.54) is 22.3 Å². The van der Waals surface area contributed by atoms with Crippen LogP contribution in [-0.2, 0) is 14.3 Å². The first kappa shape index (κ1) is 26.3. The molecule has 35 heavy (non-hydrogen) atoms. The number of benzene rings is 2. The molecular formula is C28H36N2O5. The van der Waals surface area contributed by atoms with Gasteiger partial charge in [0.2, 0.25) is 5.91 Å².